The van der Waals surface area contributed by atoms with Gasteiger partial charge in [-0.15, -0.1) is 0 Å². The summed E-state index contributed by atoms with van der Waals surface area (Å²) in [5.74, 6) is -1.93. The van der Waals surface area contributed by atoms with Gasteiger partial charge in [0.15, 0.2) is 6.61 Å². The number of nitro benzene ring substituents is 1. The van der Waals surface area contributed by atoms with Crippen molar-refractivity contribution in [3.05, 3.63) is 28.3 Å². The van der Waals surface area contributed by atoms with Crippen LogP contribution >= 0.6 is 0 Å². The van der Waals surface area contributed by atoms with Gasteiger partial charge in [-0.3, -0.25) is 29.4 Å². The van der Waals surface area contributed by atoms with E-state index in [1.165, 1.54) is 26.0 Å². The van der Waals surface area contributed by atoms with Crippen molar-refractivity contribution in [1.82, 2.24) is 5.32 Å². The van der Waals surface area contributed by atoms with E-state index in [0.29, 0.717) is 0 Å². The number of aliphatic carboxylic acids is 1. The van der Waals surface area contributed by atoms with E-state index in [9.17, 15) is 24.5 Å². The molecule has 1 aliphatic heterocycles. The maximum Gasteiger partial charge on any atom is 0.310 e. The smallest absolute Gasteiger partial charge is 0.310 e. The van der Waals surface area contributed by atoms with Gasteiger partial charge in [0.2, 0.25) is 5.91 Å². The monoisotopic (exact) mass is 351 g/mol. The van der Waals surface area contributed by atoms with Gasteiger partial charge in [-0.2, -0.15) is 0 Å². The Morgan fingerprint density at radius 3 is 2.72 bits per heavy atom. The molecule has 0 atom stereocenters. The van der Waals surface area contributed by atoms with Crippen LogP contribution in [0.3, 0.4) is 0 Å². The molecule has 0 bridgehead atoms. The van der Waals surface area contributed by atoms with E-state index in [1.807, 2.05) is 0 Å². The van der Waals surface area contributed by atoms with Crippen LogP contribution in [-0.2, 0) is 14.4 Å². The number of carbonyl (C=O) groups excluding carboxylic acids is 2. The molecule has 10 heteroatoms. The van der Waals surface area contributed by atoms with E-state index in [1.54, 1.807) is 0 Å². The minimum atomic E-state index is -1.17. The molecule has 10 nitrogen and oxygen atoms in total. The molecule has 0 aliphatic carbocycles. The SMILES string of the molecule is CC(C)(CNC(=O)CN1C(=O)COc2ccc([N+](=O)[O-])cc21)C(=O)O. The second-order valence-corrected chi connectivity index (χ2v) is 6.14. The number of hydrogen-bond donors (Lipinski definition) is 2. The van der Waals surface area contributed by atoms with Crippen LogP contribution in [-0.4, -0.2) is 47.5 Å². The Kier molecular flexibility index (Phi) is 4.91. The van der Waals surface area contributed by atoms with Gasteiger partial charge in [0.05, 0.1) is 16.0 Å². The van der Waals surface area contributed by atoms with Crippen LogP contribution in [0.2, 0.25) is 0 Å². The fourth-order valence-corrected chi connectivity index (χ4v) is 2.07. The number of carboxylic acids is 1. The van der Waals surface area contributed by atoms with Gasteiger partial charge < -0.3 is 15.2 Å². The summed E-state index contributed by atoms with van der Waals surface area (Å²) in [6.45, 7) is 2.09. The third-order valence-corrected chi connectivity index (χ3v) is 3.70. The second kappa shape index (κ2) is 6.75. The molecule has 2 N–H and O–H groups in total. The number of hydrogen-bond acceptors (Lipinski definition) is 6. The van der Waals surface area contributed by atoms with Crippen LogP contribution in [0.25, 0.3) is 0 Å². The summed E-state index contributed by atoms with van der Waals surface area (Å²) >= 11 is 0. The van der Waals surface area contributed by atoms with Crippen molar-refractivity contribution in [3.8, 4) is 5.75 Å². The molecule has 1 aromatic carbocycles. The first-order valence-electron chi connectivity index (χ1n) is 7.33. The van der Waals surface area contributed by atoms with Gasteiger partial charge in [-0.25, -0.2) is 0 Å². The van der Waals surface area contributed by atoms with Crippen LogP contribution in [0.1, 0.15) is 13.8 Å². The minimum absolute atomic E-state index is 0.123. The van der Waals surface area contributed by atoms with Gasteiger partial charge in [0.25, 0.3) is 11.6 Å². The fourth-order valence-electron chi connectivity index (χ4n) is 2.07. The lowest BCUT2D eigenvalue weighted by atomic mass is 9.94. The highest BCUT2D eigenvalue weighted by atomic mass is 16.6. The number of carboxylic acid groups (broad SMARTS) is 1. The van der Waals surface area contributed by atoms with E-state index in [0.717, 1.165) is 11.0 Å². The maximum atomic E-state index is 12.1. The Bertz CT molecular complexity index is 745. The minimum Gasteiger partial charge on any atom is -0.482 e. The zero-order chi connectivity index (χ0) is 18.8. The van der Waals surface area contributed by atoms with Crippen molar-refractivity contribution in [2.24, 2.45) is 5.41 Å². The first-order chi connectivity index (χ1) is 11.6. The number of nitrogens with zero attached hydrogens (tertiary/aromatic N) is 2. The largest absolute Gasteiger partial charge is 0.482 e. The van der Waals surface area contributed by atoms with E-state index in [4.69, 9.17) is 9.84 Å². The fraction of sp³-hybridized carbons (Fsp3) is 0.400. The molecule has 0 fully saturated rings. The van der Waals surface area contributed by atoms with Crippen LogP contribution in [0.5, 0.6) is 5.75 Å². The average molecular weight is 351 g/mol. The number of ether oxygens (including phenoxy) is 1. The number of non-ortho nitro benzene ring substituents is 1. The summed E-state index contributed by atoms with van der Waals surface area (Å²) in [6.07, 6.45) is 0. The van der Waals surface area contributed by atoms with Crippen LogP contribution in [0.15, 0.2) is 18.2 Å². The zero-order valence-electron chi connectivity index (χ0n) is 13.6. The van der Waals surface area contributed by atoms with Crippen LogP contribution in [0, 0.1) is 15.5 Å². The zero-order valence-corrected chi connectivity index (χ0v) is 13.6. The second-order valence-electron chi connectivity index (χ2n) is 6.14. The number of nitrogens with one attached hydrogen (secondary N) is 1. The molecule has 0 saturated heterocycles. The number of fused-ring (bicyclic) bond motifs is 1. The normalized spacial score (nSPS) is 13.7. The van der Waals surface area contributed by atoms with Gasteiger partial charge in [-0.1, -0.05) is 0 Å². The molecule has 0 aromatic heterocycles. The summed E-state index contributed by atoms with van der Waals surface area (Å²) in [5, 5.41) is 22.4. The van der Waals surface area contributed by atoms with Gasteiger partial charge in [-0.05, 0) is 19.9 Å². The lowest BCUT2D eigenvalue weighted by molar-refractivity contribution is -0.384. The van der Waals surface area contributed by atoms with E-state index in [2.05, 4.69) is 5.32 Å². The third kappa shape index (κ3) is 4.03. The van der Waals surface area contributed by atoms with Crippen molar-refractivity contribution in [3.63, 3.8) is 0 Å². The third-order valence-electron chi connectivity index (χ3n) is 3.70. The Morgan fingerprint density at radius 2 is 2.12 bits per heavy atom. The molecule has 2 amide bonds. The molecule has 0 saturated carbocycles. The lowest BCUT2D eigenvalue weighted by Crippen LogP contribution is -2.47. The Hall–Kier alpha value is -3.17. The van der Waals surface area contributed by atoms with E-state index in [-0.39, 0.29) is 30.3 Å². The standard InChI is InChI=1S/C15H17N3O7/c1-15(2,14(21)22)8-16-12(19)6-17-10-5-9(18(23)24)3-4-11(10)25-7-13(17)20/h3-5H,6-8H2,1-2H3,(H,16,19)(H,21,22). The predicted octanol–water partition coefficient (Wildman–Crippen LogP) is 0.547. The molecule has 2 rings (SSSR count). The Labute approximate surface area is 142 Å². The van der Waals surface area contributed by atoms with Gasteiger partial charge in [0.1, 0.15) is 12.3 Å². The molecule has 0 radical (unpaired) electrons. The molecule has 134 valence electrons. The molecular formula is C15H17N3O7. The number of benzene rings is 1. The number of anilines is 1. The van der Waals surface area contributed by atoms with Crippen molar-refractivity contribution in [1.29, 1.82) is 0 Å². The predicted molar refractivity (Wildman–Crippen MR) is 85.4 cm³/mol. The van der Waals surface area contributed by atoms with Crippen molar-refractivity contribution in [2.45, 2.75) is 13.8 Å². The highest BCUT2D eigenvalue weighted by Crippen LogP contribution is 2.35. The van der Waals surface area contributed by atoms with Crippen LogP contribution in [0.4, 0.5) is 11.4 Å². The van der Waals surface area contributed by atoms with Gasteiger partial charge in [0, 0.05) is 18.7 Å². The van der Waals surface area contributed by atoms with Crippen LogP contribution < -0.4 is 15.0 Å². The highest BCUT2D eigenvalue weighted by molar-refractivity contribution is 6.02. The quantitative estimate of drug-likeness (QED) is 0.563. The Morgan fingerprint density at radius 1 is 1.44 bits per heavy atom. The summed E-state index contributed by atoms with van der Waals surface area (Å²) in [5.41, 5.74) is -1.28. The molecule has 0 unspecified atom stereocenters. The first kappa shape index (κ1) is 18.2. The number of carbonyl (C=O) groups is 3. The number of rotatable bonds is 6. The summed E-state index contributed by atoms with van der Waals surface area (Å²) in [4.78, 5) is 46.5. The molecule has 0 spiro atoms. The molecule has 25 heavy (non-hydrogen) atoms. The molecular weight excluding hydrogens is 334 g/mol. The highest BCUT2D eigenvalue weighted by Gasteiger charge is 2.31. The molecule has 1 heterocycles. The maximum absolute atomic E-state index is 12.1. The molecule has 1 aromatic rings. The van der Waals surface area contributed by atoms with Crippen molar-refractivity contribution >= 4 is 29.2 Å². The van der Waals surface area contributed by atoms with Crippen molar-refractivity contribution < 1.29 is 29.2 Å². The van der Waals surface area contributed by atoms with Crippen molar-refractivity contribution in [2.75, 3.05) is 24.6 Å². The topological polar surface area (TPSA) is 139 Å². The van der Waals surface area contributed by atoms with E-state index < -0.39 is 34.7 Å². The number of nitro groups is 1. The average Bonchev–Trinajstić information content (AvgIpc) is 2.55. The summed E-state index contributed by atoms with van der Waals surface area (Å²) in [6, 6.07) is 3.75. The first-order valence-corrected chi connectivity index (χ1v) is 7.33. The molecule has 1 aliphatic rings. The summed E-state index contributed by atoms with van der Waals surface area (Å²) < 4.78 is 5.20. The van der Waals surface area contributed by atoms with Gasteiger partial charge >= 0.3 is 5.97 Å². The van der Waals surface area contributed by atoms with E-state index >= 15 is 0 Å². The lowest BCUT2D eigenvalue weighted by Gasteiger charge is -2.29. The number of amides is 2. The Balaban J connectivity index is 2.15. The summed E-state index contributed by atoms with van der Waals surface area (Å²) in [7, 11) is 0.